The van der Waals surface area contributed by atoms with Crippen molar-refractivity contribution in [2.24, 2.45) is 5.73 Å². The molecule has 9 heteroatoms. The van der Waals surface area contributed by atoms with Gasteiger partial charge in [0.1, 0.15) is 12.1 Å². The highest BCUT2D eigenvalue weighted by molar-refractivity contribution is 5.84. The van der Waals surface area contributed by atoms with E-state index in [2.05, 4.69) is 21.8 Å². The van der Waals surface area contributed by atoms with Gasteiger partial charge in [-0.05, 0) is 63.1 Å². The van der Waals surface area contributed by atoms with E-state index < -0.39 is 17.7 Å². The van der Waals surface area contributed by atoms with Gasteiger partial charge in [-0.25, -0.2) is 9.97 Å². The molecule has 196 valence electrons. The fraction of sp³-hybridized carbons (Fsp3) is 0.593. The molecule has 0 saturated carbocycles. The molecular weight excluding hydrogens is 467 g/mol. The van der Waals surface area contributed by atoms with E-state index in [1.54, 1.807) is 6.33 Å². The lowest BCUT2D eigenvalue weighted by atomic mass is 9.88. The van der Waals surface area contributed by atoms with Crippen molar-refractivity contribution in [2.45, 2.75) is 76.4 Å². The monoisotopic (exact) mass is 503 g/mol. The van der Waals surface area contributed by atoms with Crippen LogP contribution in [0.4, 0.5) is 19.0 Å². The van der Waals surface area contributed by atoms with Gasteiger partial charge in [-0.1, -0.05) is 25.5 Å². The third-order valence-corrected chi connectivity index (χ3v) is 7.40. The molecule has 0 unspecified atom stereocenters. The van der Waals surface area contributed by atoms with E-state index in [9.17, 15) is 18.0 Å². The predicted octanol–water partition coefficient (Wildman–Crippen LogP) is 4.89. The van der Waals surface area contributed by atoms with Crippen molar-refractivity contribution in [1.82, 2.24) is 14.9 Å². The zero-order valence-electron chi connectivity index (χ0n) is 21.3. The van der Waals surface area contributed by atoms with Crippen LogP contribution in [-0.4, -0.2) is 52.5 Å². The zero-order chi connectivity index (χ0) is 26.1. The molecular formula is C27H36F3N5O. The summed E-state index contributed by atoms with van der Waals surface area (Å²) in [6.07, 6.45) is 1.25. The van der Waals surface area contributed by atoms with Gasteiger partial charge in [0, 0.05) is 43.0 Å². The maximum atomic E-state index is 13.6. The van der Waals surface area contributed by atoms with E-state index in [-0.39, 0.29) is 11.4 Å². The molecule has 2 aliphatic rings. The third kappa shape index (κ3) is 5.99. The second-order valence-corrected chi connectivity index (χ2v) is 10.9. The lowest BCUT2D eigenvalue weighted by Gasteiger charge is -2.38. The number of benzene rings is 1. The van der Waals surface area contributed by atoms with Gasteiger partial charge in [0.15, 0.2) is 0 Å². The van der Waals surface area contributed by atoms with Gasteiger partial charge < -0.3 is 15.5 Å². The molecule has 0 radical (unpaired) electrons. The van der Waals surface area contributed by atoms with E-state index in [4.69, 9.17) is 5.73 Å². The minimum absolute atomic E-state index is 0.0366. The third-order valence-electron chi connectivity index (χ3n) is 7.40. The highest BCUT2D eigenvalue weighted by Crippen LogP contribution is 2.37. The second-order valence-electron chi connectivity index (χ2n) is 10.9. The number of aromatic nitrogens is 2. The van der Waals surface area contributed by atoms with Crippen LogP contribution in [0.1, 0.15) is 80.7 Å². The molecule has 1 aromatic carbocycles. The Hall–Kier alpha value is -2.68. The van der Waals surface area contributed by atoms with Crippen molar-refractivity contribution >= 4 is 11.7 Å². The Morgan fingerprint density at radius 2 is 1.78 bits per heavy atom. The number of piperazine rings is 1. The molecule has 2 N–H and O–H groups in total. The minimum atomic E-state index is -4.41. The SMILES string of the molecule is C[C@@H]1CCc2ncnc(N3CCN(C(=O)[C@H](CCCC(C)(C)N)c4ccc(C(F)(F)F)cc4)CC3)c21. The minimum Gasteiger partial charge on any atom is -0.353 e. The molecule has 2 heterocycles. The maximum absolute atomic E-state index is 13.6. The van der Waals surface area contributed by atoms with E-state index in [0.717, 1.165) is 42.9 Å². The van der Waals surface area contributed by atoms with Crippen LogP contribution in [0.2, 0.25) is 0 Å². The normalized spacial score (nSPS) is 19.4. The number of carbonyl (C=O) groups excluding carboxylic acids is 1. The van der Waals surface area contributed by atoms with E-state index in [1.807, 2.05) is 18.7 Å². The van der Waals surface area contributed by atoms with Crippen molar-refractivity contribution in [3.63, 3.8) is 0 Å². The van der Waals surface area contributed by atoms with Crippen LogP contribution in [0.15, 0.2) is 30.6 Å². The highest BCUT2D eigenvalue weighted by Gasteiger charge is 2.34. The molecule has 2 aromatic rings. The summed E-state index contributed by atoms with van der Waals surface area (Å²) in [7, 11) is 0. The van der Waals surface area contributed by atoms with Gasteiger partial charge in [-0.2, -0.15) is 13.2 Å². The Balaban J connectivity index is 1.47. The van der Waals surface area contributed by atoms with Crippen LogP contribution in [-0.2, 0) is 17.4 Å². The summed E-state index contributed by atoms with van der Waals surface area (Å²) in [5.74, 6) is 0.864. The molecule has 1 aliphatic heterocycles. The van der Waals surface area contributed by atoms with E-state index >= 15 is 0 Å². The Kier molecular flexibility index (Phi) is 7.59. The molecule has 1 amide bonds. The van der Waals surface area contributed by atoms with Gasteiger partial charge in [-0.15, -0.1) is 0 Å². The fourth-order valence-corrected chi connectivity index (χ4v) is 5.33. The molecule has 36 heavy (non-hydrogen) atoms. The fourth-order valence-electron chi connectivity index (χ4n) is 5.33. The van der Waals surface area contributed by atoms with Crippen LogP contribution < -0.4 is 10.6 Å². The summed E-state index contributed by atoms with van der Waals surface area (Å²) in [5, 5.41) is 0. The molecule has 1 aliphatic carbocycles. The number of rotatable bonds is 7. The lowest BCUT2D eigenvalue weighted by molar-refractivity contribution is -0.137. The van der Waals surface area contributed by atoms with Gasteiger partial charge in [0.2, 0.25) is 5.91 Å². The first-order chi connectivity index (χ1) is 16.9. The van der Waals surface area contributed by atoms with Crippen molar-refractivity contribution in [2.75, 3.05) is 31.1 Å². The van der Waals surface area contributed by atoms with Gasteiger partial charge in [0.25, 0.3) is 0 Å². The number of nitrogens with zero attached hydrogens (tertiary/aromatic N) is 4. The molecule has 2 atom stereocenters. The summed E-state index contributed by atoms with van der Waals surface area (Å²) in [5.41, 5.74) is 8.02. The summed E-state index contributed by atoms with van der Waals surface area (Å²) < 4.78 is 39.3. The number of anilines is 1. The molecule has 6 nitrogen and oxygen atoms in total. The first-order valence-corrected chi connectivity index (χ1v) is 12.8. The van der Waals surface area contributed by atoms with E-state index in [1.165, 1.54) is 17.7 Å². The number of fused-ring (bicyclic) bond motifs is 1. The topological polar surface area (TPSA) is 75.4 Å². The van der Waals surface area contributed by atoms with Crippen molar-refractivity contribution in [3.05, 3.63) is 53.0 Å². The number of alkyl halides is 3. The maximum Gasteiger partial charge on any atom is 0.416 e. The lowest BCUT2D eigenvalue weighted by Crippen LogP contribution is -2.50. The average molecular weight is 504 g/mol. The van der Waals surface area contributed by atoms with Crippen molar-refractivity contribution in [1.29, 1.82) is 0 Å². The van der Waals surface area contributed by atoms with Gasteiger partial charge in [-0.3, -0.25) is 4.79 Å². The highest BCUT2D eigenvalue weighted by atomic mass is 19.4. The van der Waals surface area contributed by atoms with Gasteiger partial charge >= 0.3 is 6.18 Å². The van der Waals surface area contributed by atoms with E-state index in [0.29, 0.717) is 50.5 Å². The van der Waals surface area contributed by atoms with Gasteiger partial charge in [0.05, 0.1) is 11.5 Å². The number of aryl methyl sites for hydroxylation is 1. The van der Waals surface area contributed by atoms with Crippen LogP contribution in [0.25, 0.3) is 0 Å². The molecule has 1 aromatic heterocycles. The molecule has 1 saturated heterocycles. The Morgan fingerprint density at radius 3 is 2.39 bits per heavy atom. The molecule has 1 fully saturated rings. The van der Waals surface area contributed by atoms with Crippen molar-refractivity contribution < 1.29 is 18.0 Å². The smallest absolute Gasteiger partial charge is 0.353 e. The largest absolute Gasteiger partial charge is 0.416 e. The van der Waals surface area contributed by atoms with Crippen LogP contribution in [0.3, 0.4) is 0 Å². The predicted molar refractivity (Wildman–Crippen MR) is 134 cm³/mol. The first kappa shape index (κ1) is 26.4. The number of halogens is 3. The summed E-state index contributed by atoms with van der Waals surface area (Å²) in [6, 6.07) is 5.02. The average Bonchev–Trinajstić information content (AvgIpc) is 3.21. The second kappa shape index (κ2) is 10.4. The molecule has 0 bridgehead atoms. The molecule has 0 spiro atoms. The van der Waals surface area contributed by atoms with Crippen LogP contribution in [0, 0.1) is 0 Å². The Morgan fingerprint density at radius 1 is 1.11 bits per heavy atom. The first-order valence-electron chi connectivity index (χ1n) is 12.8. The zero-order valence-corrected chi connectivity index (χ0v) is 21.3. The molecule has 4 rings (SSSR count). The Bertz CT molecular complexity index is 1060. The number of carbonyl (C=O) groups is 1. The summed E-state index contributed by atoms with van der Waals surface area (Å²) >= 11 is 0. The van der Waals surface area contributed by atoms with Crippen molar-refractivity contribution in [3.8, 4) is 0 Å². The quantitative estimate of drug-likeness (QED) is 0.583. The summed E-state index contributed by atoms with van der Waals surface area (Å²) in [4.78, 5) is 26.8. The summed E-state index contributed by atoms with van der Waals surface area (Å²) in [6.45, 7) is 8.50. The standard InChI is InChI=1S/C27H36F3N5O/c1-18-6-11-22-23(18)24(33-17-32-22)34-13-15-35(16-14-34)25(36)21(5-4-12-26(2,3)31)19-7-9-20(10-8-19)27(28,29)30/h7-10,17-18,21H,4-6,11-16,31H2,1-3H3/t18-,21-/m1/s1. The van der Waals surface area contributed by atoms with Crippen LogP contribution in [0.5, 0.6) is 0 Å². The number of hydrogen-bond donors (Lipinski definition) is 1. The Labute approximate surface area is 211 Å². The number of amides is 1. The van der Waals surface area contributed by atoms with Crippen LogP contribution >= 0.6 is 0 Å². The number of hydrogen-bond acceptors (Lipinski definition) is 5. The number of nitrogens with two attached hydrogens (primary N) is 1.